The van der Waals surface area contributed by atoms with Crippen molar-refractivity contribution in [1.29, 1.82) is 0 Å². The van der Waals surface area contributed by atoms with Gasteiger partial charge in [0.15, 0.2) is 0 Å². The van der Waals surface area contributed by atoms with E-state index in [1.54, 1.807) is 7.11 Å². The van der Waals surface area contributed by atoms with Crippen LogP contribution in [0.3, 0.4) is 0 Å². The summed E-state index contributed by atoms with van der Waals surface area (Å²) < 4.78 is 10.8. The molecule has 1 saturated carbocycles. The van der Waals surface area contributed by atoms with Crippen molar-refractivity contribution in [3.05, 3.63) is 29.8 Å². The maximum Gasteiger partial charge on any atom is 0.308 e. The van der Waals surface area contributed by atoms with E-state index in [2.05, 4.69) is 5.32 Å². The fourth-order valence-corrected chi connectivity index (χ4v) is 3.04. The lowest BCUT2D eigenvalue weighted by Gasteiger charge is -2.40. The molecule has 0 spiro atoms. The van der Waals surface area contributed by atoms with Gasteiger partial charge in [0.1, 0.15) is 5.75 Å². The van der Waals surface area contributed by atoms with Gasteiger partial charge >= 0.3 is 5.97 Å². The number of methoxy groups -OCH3 is 1. The number of carboxylic acid groups (broad SMARTS) is 1. The molecule has 6 nitrogen and oxygen atoms in total. The van der Waals surface area contributed by atoms with Gasteiger partial charge in [-0.15, -0.1) is 0 Å². The third-order valence-corrected chi connectivity index (χ3v) is 4.79. The quantitative estimate of drug-likeness (QED) is 0.677. The van der Waals surface area contributed by atoms with Gasteiger partial charge in [-0.2, -0.15) is 0 Å². The highest BCUT2D eigenvalue weighted by Crippen LogP contribution is 2.37. The van der Waals surface area contributed by atoms with Gasteiger partial charge in [0, 0.05) is 13.7 Å². The Balaban J connectivity index is 1.85. The molecule has 0 radical (unpaired) electrons. The molecule has 1 aromatic carbocycles. The molecule has 1 atom stereocenters. The molecule has 1 aliphatic rings. The Bertz CT molecular complexity index is 574. The maximum atomic E-state index is 12.1. The Labute approximate surface area is 148 Å². The van der Waals surface area contributed by atoms with Gasteiger partial charge in [0.05, 0.1) is 24.5 Å². The number of hydrogen-bond acceptors (Lipinski definition) is 4. The lowest BCUT2D eigenvalue weighted by Crippen LogP contribution is -2.45. The van der Waals surface area contributed by atoms with Gasteiger partial charge in [-0.25, -0.2) is 0 Å². The van der Waals surface area contributed by atoms with Gasteiger partial charge in [-0.1, -0.05) is 12.1 Å². The summed E-state index contributed by atoms with van der Waals surface area (Å²) in [4.78, 5) is 23.6. The van der Waals surface area contributed by atoms with Gasteiger partial charge in [0.25, 0.3) is 0 Å². The molecule has 1 fully saturated rings. The second-order valence-corrected chi connectivity index (χ2v) is 6.54. The van der Waals surface area contributed by atoms with Crippen molar-refractivity contribution < 1.29 is 24.2 Å². The van der Waals surface area contributed by atoms with E-state index in [4.69, 9.17) is 9.47 Å². The van der Waals surface area contributed by atoms with Crippen molar-refractivity contribution >= 4 is 11.9 Å². The second-order valence-electron chi connectivity index (χ2n) is 6.54. The Kier molecular flexibility index (Phi) is 6.82. The summed E-state index contributed by atoms with van der Waals surface area (Å²) >= 11 is 0. The fourth-order valence-electron chi connectivity index (χ4n) is 3.04. The minimum absolute atomic E-state index is 0.112. The van der Waals surface area contributed by atoms with E-state index in [9.17, 15) is 14.7 Å². The summed E-state index contributed by atoms with van der Waals surface area (Å²) in [5.41, 5.74) is 0.551. The summed E-state index contributed by atoms with van der Waals surface area (Å²) in [6, 6.07) is 7.37. The number of carbonyl (C=O) groups excluding carboxylic acids is 1. The van der Waals surface area contributed by atoms with Crippen LogP contribution >= 0.6 is 0 Å². The monoisotopic (exact) mass is 349 g/mol. The summed E-state index contributed by atoms with van der Waals surface area (Å²) in [5, 5.41) is 12.2. The second kappa shape index (κ2) is 8.85. The number of carbonyl (C=O) groups is 2. The van der Waals surface area contributed by atoms with Crippen molar-refractivity contribution in [1.82, 2.24) is 5.32 Å². The zero-order chi connectivity index (χ0) is 18.3. The van der Waals surface area contributed by atoms with Crippen LogP contribution in [0.4, 0.5) is 0 Å². The fraction of sp³-hybridized carbons (Fsp3) is 0.579. The molecule has 1 amide bonds. The molecule has 25 heavy (non-hydrogen) atoms. The minimum atomic E-state index is -0.917. The Morgan fingerprint density at radius 1 is 1.28 bits per heavy atom. The standard InChI is InChI=1S/C19H27NO5/c1-3-25-16-7-5-14(6-8-16)11-15(18(22)23)13-20-17(21)12-19(24-2)9-4-10-19/h5-8,15H,3-4,9-13H2,1-2H3,(H,20,21)(H,22,23). The van der Waals surface area contributed by atoms with Crippen LogP contribution in [0.15, 0.2) is 24.3 Å². The van der Waals surface area contributed by atoms with Crippen LogP contribution in [0.2, 0.25) is 0 Å². The molecule has 1 aromatic rings. The number of carboxylic acids is 1. The third kappa shape index (κ3) is 5.46. The first-order valence-electron chi connectivity index (χ1n) is 8.74. The van der Waals surface area contributed by atoms with E-state index in [1.807, 2.05) is 31.2 Å². The van der Waals surface area contributed by atoms with Gasteiger partial charge in [-0.05, 0) is 50.3 Å². The molecule has 6 heteroatoms. The molecule has 0 aliphatic heterocycles. The molecule has 0 saturated heterocycles. The zero-order valence-electron chi connectivity index (χ0n) is 14.9. The smallest absolute Gasteiger partial charge is 0.308 e. The van der Waals surface area contributed by atoms with Crippen LogP contribution < -0.4 is 10.1 Å². The number of rotatable bonds is 10. The summed E-state index contributed by atoms with van der Waals surface area (Å²) in [6.45, 7) is 2.61. The molecule has 2 rings (SSSR count). The molecular formula is C19H27NO5. The molecule has 2 N–H and O–H groups in total. The number of hydrogen-bond donors (Lipinski definition) is 2. The third-order valence-electron chi connectivity index (χ3n) is 4.79. The number of benzene rings is 1. The van der Waals surface area contributed by atoms with E-state index >= 15 is 0 Å². The van der Waals surface area contributed by atoms with E-state index in [-0.39, 0.29) is 18.1 Å². The highest BCUT2D eigenvalue weighted by Gasteiger charge is 2.39. The topological polar surface area (TPSA) is 84.9 Å². The predicted octanol–water partition coefficient (Wildman–Crippen LogP) is 2.40. The van der Waals surface area contributed by atoms with E-state index in [1.165, 1.54) is 0 Å². The average Bonchev–Trinajstić information content (AvgIpc) is 2.56. The van der Waals surface area contributed by atoms with Crippen molar-refractivity contribution in [2.45, 2.75) is 44.6 Å². The summed E-state index contributed by atoms with van der Waals surface area (Å²) in [7, 11) is 1.62. The van der Waals surface area contributed by atoms with Crippen molar-refractivity contribution in [3.8, 4) is 5.75 Å². The van der Waals surface area contributed by atoms with E-state index < -0.39 is 11.9 Å². The zero-order valence-corrected chi connectivity index (χ0v) is 14.9. The molecular weight excluding hydrogens is 322 g/mol. The largest absolute Gasteiger partial charge is 0.494 e. The van der Waals surface area contributed by atoms with Crippen molar-refractivity contribution in [2.24, 2.45) is 5.92 Å². The van der Waals surface area contributed by atoms with Crippen LogP contribution in [-0.4, -0.2) is 42.8 Å². The van der Waals surface area contributed by atoms with E-state index in [0.717, 1.165) is 30.6 Å². The normalized spacial score (nSPS) is 16.6. The molecule has 0 aromatic heterocycles. The molecule has 0 heterocycles. The van der Waals surface area contributed by atoms with Gasteiger partial charge < -0.3 is 19.9 Å². The maximum absolute atomic E-state index is 12.1. The van der Waals surface area contributed by atoms with E-state index in [0.29, 0.717) is 19.4 Å². The van der Waals surface area contributed by atoms with Gasteiger partial charge in [-0.3, -0.25) is 9.59 Å². The Morgan fingerprint density at radius 2 is 1.96 bits per heavy atom. The number of nitrogens with one attached hydrogen (secondary N) is 1. The Morgan fingerprint density at radius 3 is 2.44 bits per heavy atom. The SMILES string of the molecule is CCOc1ccc(CC(CNC(=O)CC2(OC)CCC2)C(=O)O)cc1. The first-order valence-corrected chi connectivity index (χ1v) is 8.74. The summed E-state index contributed by atoms with van der Waals surface area (Å²) in [6.07, 6.45) is 3.48. The average molecular weight is 349 g/mol. The van der Waals surface area contributed by atoms with Crippen LogP contribution in [0.25, 0.3) is 0 Å². The number of amides is 1. The Hall–Kier alpha value is -2.08. The van der Waals surface area contributed by atoms with Crippen LogP contribution in [0, 0.1) is 5.92 Å². The lowest BCUT2D eigenvalue weighted by molar-refractivity contribution is -0.142. The number of ether oxygens (including phenoxy) is 2. The van der Waals surface area contributed by atoms with Crippen LogP contribution in [0.5, 0.6) is 5.75 Å². The lowest BCUT2D eigenvalue weighted by atomic mass is 9.77. The molecule has 0 bridgehead atoms. The first kappa shape index (κ1) is 19.2. The van der Waals surface area contributed by atoms with Crippen LogP contribution in [0.1, 0.15) is 38.2 Å². The molecule has 138 valence electrons. The highest BCUT2D eigenvalue weighted by molar-refractivity contribution is 5.78. The predicted molar refractivity (Wildman–Crippen MR) is 93.7 cm³/mol. The molecule has 1 aliphatic carbocycles. The van der Waals surface area contributed by atoms with Crippen molar-refractivity contribution in [3.63, 3.8) is 0 Å². The first-order chi connectivity index (χ1) is 12.0. The number of aliphatic carboxylic acids is 1. The highest BCUT2D eigenvalue weighted by atomic mass is 16.5. The van der Waals surface area contributed by atoms with Crippen LogP contribution in [-0.2, 0) is 20.7 Å². The molecule has 1 unspecified atom stereocenters. The van der Waals surface area contributed by atoms with Crippen molar-refractivity contribution in [2.75, 3.05) is 20.3 Å². The summed E-state index contributed by atoms with van der Waals surface area (Å²) in [5.74, 6) is -0.975. The minimum Gasteiger partial charge on any atom is -0.494 e. The van der Waals surface area contributed by atoms with Gasteiger partial charge in [0.2, 0.25) is 5.91 Å².